The topological polar surface area (TPSA) is 44.0 Å². The summed E-state index contributed by atoms with van der Waals surface area (Å²) in [5.74, 6) is -0.607. The second kappa shape index (κ2) is 6.38. The van der Waals surface area contributed by atoms with Gasteiger partial charge in [-0.05, 0) is 36.1 Å². The number of rotatable bonds is 3. The molecule has 26 heavy (non-hydrogen) atoms. The standard InChI is InChI=1S/C20H15FN2O2S/c1-13-6-8-14(9-7-13)12-22-17-10-11-26-18(17)19(24)23(20(22)25)16-5-3-2-4-15(16)21/h2-11H,12H2,1H3. The Morgan fingerprint density at radius 3 is 2.46 bits per heavy atom. The molecule has 0 unspecified atom stereocenters. The van der Waals surface area contributed by atoms with Crippen molar-refractivity contribution in [3.63, 3.8) is 0 Å². The summed E-state index contributed by atoms with van der Waals surface area (Å²) in [6.07, 6.45) is 0. The molecule has 130 valence electrons. The van der Waals surface area contributed by atoms with E-state index in [1.54, 1.807) is 17.5 Å². The quantitative estimate of drug-likeness (QED) is 0.555. The molecule has 0 aliphatic rings. The second-order valence-electron chi connectivity index (χ2n) is 6.08. The van der Waals surface area contributed by atoms with Crippen molar-refractivity contribution in [1.29, 1.82) is 0 Å². The molecule has 4 rings (SSSR count). The number of thiophene rings is 1. The van der Waals surface area contributed by atoms with E-state index in [2.05, 4.69) is 0 Å². The minimum atomic E-state index is -0.607. The lowest BCUT2D eigenvalue weighted by Crippen LogP contribution is -2.39. The Kier molecular flexibility index (Phi) is 4.05. The van der Waals surface area contributed by atoms with Crippen molar-refractivity contribution in [2.75, 3.05) is 0 Å². The number of hydrogen-bond donors (Lipinski definition) is 0. The third-order valence-electron chi connectivity index (χ3n) is 4.31. The van der Waals surface area contributed by atoms with Crippen LogP contribution >= 0.6 is 11.3 Å². The Balaban J connectivity index is 2.00. The molecule has 2 aromatic carbocycles. The van der Waals surface area contributed by atoms with E-state index < -0.39 is 17.1 Å². The van der Waals surface area contributed by atoms with Crippen LogP contribution < -0.4 is 11.2 Å². The first-order valence-corrected chi connectivity index (χ1v) is 8.98. The zero-order chi connectivity index (χ0) is 18.3. The first-order chi connectivity index (χ1) is 12.6. The molecule has 0 spiro atoms. The van der Waals surface area contributed by atoms with Crippen molar-refractivity contribution in [3.8, 4) is 5.69 Å². The number of aromatic nitrogens is 2. The SMILES string of the molecule is Cc1ccc(Cn2c(=O)n(-c3ccccc3F)c(=O)c3sccc32)cc1. The van der Waals surface area contributed by atoms with E-state index in [-0.39, 0.29) is 5.69 Å². The van der Waals surface area contributed by atoms with Gasteiger partial charge in [0.15, 0.2) is 0 Å². The first kappa shape index (κ1) is 16.5. The minimum absolute atomic E-state index is 0.0320. The van der Waals surface area contributed by atoms with Gasteiger partial charge in [0.25, 0.3) is 5.56 Å². The predicted octanol–water partition coefficient (Wildman–Crippen LogP) is 3.71. The van der Waals surface area contributed by atoms with Crippen molar-refractivity contribution in [2.24, 2.45) is 0 Å². The Labute approximate surface area is 152 Å². The van der Waals surface area contributed by atoms with Gasteiger partial charge in [-0.1, -0.05) is 42.0 Å². The van der Waals surface area contributed by atoms with E-state index in [9.17, 15) is 14.0 Å². The summed E-state index contributed by atoms with van der Waals surface area (Å²) in [4.78, 5) is 25.9. The molecule has 0 N–H and O–H groups in total. The summed E-state index contributed by atoms with van der Waals surface area (Å²) in [6.45, 7) is 2.30. The van der Waals surface area contributed by atoms with Gasteiger partial charge in [0.1, 0.15) is 10.5 Å². The molecule has 0 amide bonds. The molecule has 0 bridgehead atoms. The fourth-order valence-electron chi connectivity index (χ4n) is 2.96. The number of para-hydroxylation sites is 1. The summed E-state index contributed by atoms with van der Waals surface area (Å²) in [6, 6.07) is 15.4. The lowest BCUT2D eigenvalue weighted by molar-refractivity contribution is 0.606. The zero-order valence-electron chi connectivity index (χ0n) is 14.0. The summed E-state index contributed by atoms with van der Waals surface area (Å²) in [5.41, 5.74) is 1.55. The van der Waals surface area contributed by atoms with Crippen LogP contribution in [0.1, 0.15) is 11.1 Å². The summed E-state index contributed by atoms with van der Waals surface area (Å²) in [7, 11) is 0. The lowest BCUT2D eigenvalue weighted by Gasteiger charge is -2.13. The Morgan fingerprint density at radius 2 is 1.73 bits per heavy atom. The Bertz CT molecular complexity index is 1220. The third kappa shape index (κ3) is 2.68. The molecule has 6 heteroatoms. The zero-order valence-corrected chi connectivity index (χ0v) is 14.8. The normalized spacial score (nSPS) is 11.2. The summed E-state index contributed by atoms with van der Waals surface area (Å²) < 4.78 is 17.1. The highest BCUT2D eigenvalue weighted by molar-refractivity contribution is 7.17. The molecule has 2 heterocycles. The number of halogens is 1. The highest BCUT2D eigenvalue weighted by Gasteiger charge is 2.17. The minimum Gasteiger partial charge on any atom is -0.288 e. The maximum absolute atomic E-state index is 14.3. The van der Waals surface area contributed by atoms with Gasteiger partial charge >= 0.3 is 5.69 Å². The molecule has 0 atom stereocenters. The van der Waals surface area contributed by atoms with Gasteiger partial charge in [-0.2, -0.15) is 0 Å². The van der Waals surface area contributed by atoms with Gasteiger partial charge in [-0.25, -0.2) is 13.8 Å². The largest absolute Gasteiger partial charge is 0.336 e. The molecule has 0 radical (unpaired) electrons. The van der Waals surface area contributed by atoms with Crippen LogP contribution in [0, 0.1) is 12.7 Å². The molecule has 0 aliphatic heterocycles. The predicted molar refractivity (Wildman–Crippen MR) is 102 cm³/mol. The van der Waals surface area contributed by atoms with Crippen LogP contribution in [-0.4, -0.2) is 9.13 Å². The van der Waals surface area contributed by atoms with E-state index in [0.717, 1.165) is 15.7 Å². The van der Waals surface area contributed by atoms with Crippen molar-refractivity contribution < 1.29 is 4.39 Å². The number of hydrogen-bond acceptors (Lipinski definition) is 3. The van der Waals surface area contributed by atoms with Crippen LogP contribution in [0.3, 0.4) is 0 Å². The van der Waals surface area contributed by atoms with Crippen molar-refractivity contribution >= 4 is 21.6 Å². The monoisotopic (exact) mass is 366 g/mol. The average Bonchev–Trinajstić information content (AvgIpc) is 3.12. The smallest absolute Gasteiger partial charge is 0.288 e. The fraction of sp³-hybridized carbons (Fsp3) is 0.100. The Morgan fingerprint density at radius 1 is 1.00 bits per heavy atom. The van der Waals surface area contributed by atoms with Crippen molar-refractivity contribution in [2.45, 2.75) is 13.5 Å². The number of aryl methyl sites for hydroxylation is 1. The van der Waals surface area contributed by atoms with Crippen LogP contribution in [0.25, 0.3) is 15.9 Å². The van der Waals surface area contributed by atoms with Crippen molar-refractivity contribution in [3.05, 3.63) is 97.8 Å². The van der Waals surface area contributed by atoms with E-state index in [1.165, 1.54) is 34.1 Å². The van der Waals surface area contributed by atoms with Gasteiger partial charge in [0.05, 0.1) is 17.7 Å². The van der Waals surface area contributed by atoms with E-state index in [0.29, 0.717) is 16.8 Å². The summed E-state index contributed by atoms with van der Waals surface area (Å²) >= 11 is 1.25. The van der Waals surface area contributed by atoms with Crippen LogP contribution in [0.4, 0.5) is 4.39 Å². The lowest BCUT2D eigenvalue weighted by atomic mass is 10.1. The summed E-state index contributed by atoms with van der Waals surface area (Å²) in [5, 5.41) is 1.77. The van der Waals surface area contributed by atoms with E-state index >= 15 is 0 Å². The molecule has 0 saturated carbocycles. The average molecular weight is 366 g/mol. The molecule has 2 aromatic heterocycles. The van der Waals surface area contributed by atoms with Crippen LogP contribution in [0.15, 0.2) is 69.6 Å². The van der Waals surface area contributed by atoms with Gasteiger partial charge in [0.2, 0.25) is 0 Å². The van der Waals surface area contributed by atoms with E-state index in [4.69, 9.17) is 0 Å². The number of nitrogens with zero attached hydrogens (tertiary/aromatic N) is 2. The van der Waals surface area contributed by atoms with Crippen LogP contribution in [0.2, 0.25) is 0 Å². The molecule has 0 aliphatic carbocycles. The third-order valence-corrected chi connectivity index (χ3v) is 5.20. The highest BCUT2D eigenvalue weighted by Crippen LogP contribution is 2.18. The van der Waals surface area contributed by atoms with Crippen molar-refractivity contribution in [1.82, 2.24) is 9.13 Å². The second-order valence-corrected chi connectivity index (χ2v) is 7.00. The number of fused-ring (bicyclic) bond motifs is 1. The van der Waals surface area contributed by atoms with Gasteiger partial charge in [0, 0.05) is 0 Å². The van der Waals surface area contributed by atoms with Gasteiger partial charge in [-0.15, -0.1) is 11.3 Å². The van der Waals surface area contributed by atoms with Gasteiger partial charge < -0.3 is 0 Å². The molecule has 4 nitrogen and oxygen atoms in total. The molecule has 4 aromatic rings. The molecular formula is C20H15FN2O2S. The Hall–Kier alpha value is -2.99. The highest BCUT2D eigenvalue weighted by atomic mass is 32.1. The van der Waals surface area contributed by atoms with Crippen LogP contribution in [0.5, 0.6) is 0 Å². The molecular weight excluding hydrogens is 351 g/mol. The fourth-order valence-corrected chi connectivity index (χ4v) is 3.79. The maximum atomic E-state index is 14.3. The number of benzene rings is 2. The van der Waals surface area contributed by atoms with Crippen LogP contribution in [-0.2, 0) is 6.54 Å². The maximum Gasteiger partial charge on any atom is 0.336 e. The van der Waals surface area contributed by atoms with Gasteiger partial charge in [-0.3, -0.25) is 9.36 Å². The van der Waals surface area contributed by atoms with E-state index in [1.807, 2.05) is 31.2 Å². The molecule has 0 saturated heterocycles. The molecule has 0 fully saturated rings. The first-order valence-electron chi connectivity index (χ1n) is 8.10.